The van der Waals surface area contributed by atoms with Crippen molar-refractivity contribution < 1.29 is 9.84 Å². The average molecular weight is 334 g/mol. The lowest BCUT2D eigenvalue weighted by Gasteiger charge is -2.13. The summed E-state index contributed by atoms with van der Waals surface area (Å²) in [4.78, 5) is 0. The Hall–Kier alpha value is -0.0900. The SMILES string of the molecule is OC(CCCC1CCCO1)c1ccc(Br)c(Cl)c1. The van der Waals surface area contributed by atoms with E-state index in [0.29, 0.717) is 11.1 Å². The summed E-state index contributed by atoms with van der Waals surface area (Å²) < 4.78 is 6.43. The Morgan fingerprint density at radius 2 is 2.33 bits per heavy atom. The fraction of sp³-hybridized carbons (Fsp3) is 0.571. The molecule has 2 unspecified atom stereocenters. The molecule has 0 radical (unpaired) electrons. The van der Waals surface area contributed by atoms with Gasteiger partial charge in [0.1, 0.15) is 0 Å². The molecule has 1 aliphatic rings. The average Bonchev–Trinajstić information content (AvgIpc) is 2.85. The van der Waals surface area contributed by atoms with Crippen LogP contribution in [0.2, 0.25) is 5.02 Å². The Labute approximate surface area is 121 Å². The van der Waals surface area contributed by atoms with Gasteiger partial charge in [0.05, 0.1) is 17.2 Å². The van der Waals surface area contributed by atoms with Crippen molar-refractivity contribution in [2.45, 2.75) is 44.3 Å². The van der Waals surface area contributed by atoms with Crippen molar-refractivity contribution in [1.82, 2.24) is 0 Å². The normalized spacial score (nSPS) is 21.2. The topological polar surface area (TPSA) is 29.5 Å². The maximum Gasteiger partial charge on any atom is 0.0790 e. The molecule has 0 amide bonds. The van der Waals surface area contributed by atoms with E-state index in [4.69, 9.17) is 16.3 Å². The van der Waals surface area contributed by atoms with E-state index in [1.54, 1.807) is 0 Å². The largest absolute Gasteiger partial charge is 0.388 e. The number of rotatable bonds is 5. The predicted molar refractivity (Wildman–Crippen MR) is 76.9 cm³/mol. The standard InChI is InChI=1S/C14H18BrClO2/c15-12-7-6-10(9-13(12)16)14(17)5-1-3-11-4-2-8-18-11/h6-7,9,11,14,17H,1-5,8H2. The van der Waals surface area contributed by atoms with Gasteiger partial charge in [-0.25, -0.2) is 0 Å². The molecule has 4 heteroatoms. The van der Waals surface area contributed by atoms with E-state index < -0.39 is 6.10 Å². The van der Waals surface area contributed by atoms with Crippen molar-refractivity contribution in [3.63, 3.8) is 0 Å². The smallest absolute Gasteiger partial charge is 0.0790 e. The second kappa shape index (κ2) is 6.90. The first-order valence-electron chi connectivity index (χ1n) is 6.41. The Bertz CT molecular complexity index is 391. The molecule has 1 N–H and O–H groups in total. The number of hydrogen-bond acceptors (Lipinski definition) is 2. The number of aliphatic hydroxyl groups is 1. The number of aliphatic hydroxyl groups excluding tert-OH is 1. The Morgan fingerprint density at radius 3 is 3.00 bits per heavy atom. The summed E-state index contributed by atoms with van der Waals surface area (Å²) in [6, 6.07) is 5.61. The van der Waals surface area contributed by atoms with Gasteiger partial charge in [-0.1, -0.05) is 17.7 Å². The monoisotopic (exact) mass is 332 g/mol. The van der Waals surface area contributed by atoms with Crippen LogP contribution in [0.25, 0.3) is 0 Å². The van der Waals surface area contributed by atoms with Gasteiger partial charge in [-0.15, -0.1) is 0 Å². The van der Waals surface area contributed by atoms with Crippen LogP contribution >= 0.6 is 27.5 Å². The van der Waals surface area contributed by atoms with Gasteiger partial charge in [0, 0.05) is 11.1 Å². The van der Waals surface area contributed by atoms with Gasteiger partial charge >= 0.3 is 0 Å². The molecule has 2 atom stereocenters. The summed E-state index contributed by atoms with van der Waals surface area (Å²) in [6.45, 7) is 0.898. The van der Waals surface area contributed by atoms with Gasteiger partial charge in [0.2, 0.25) is 0 Å². The van der Waals surface area contributed by atoms with E-state index in [0.717, 1.165) is 35.9 Å². The Balaban J connectivity index is 1.79. The molecule has 1 saturated heterocycles. The van der Waals surface area contributed by atoms with Crippen LogP contribution in [0, 0.1) is 0 Å². The van der Waals surface area contributed by atoms with Crippen LogP contribution in [0.5, 0.6) is 0 Å². The van der Waals surface area contributed by atoms with E-state index in [-0.39, 0.29) is 0 Å². The summed E-state index contributed by atoms with van der Waals surface area (Å²) >= 11 is 9.36. The van der Waals surface area contributed by atoms with Crippen molar-refractivity contribution in [2.24, 2.45) is 0 Å². The summed E-state index contributed by atoms with van der Waals surface area (Å²) in [6.07, 6.45) is 5.11. The summed E-state index contributed by atoms with van der Waals surface area (Å²) in [5.41, 5.74) is 0.885. The minimum absolute atomic E-state index is 0.408. The molecule has 1 aromatic rings. The molecule has 1 aliphatic heterocycles. The van der Waals surface area contributed by atoms with Crippen LogP contribution in [0.1, 0.15) is 43.8 Å². The molecule has 1 fully saturated rings. The highest BCUT2D eigenvalue weighted by Gasteiger charge is 2.16. The van der Waals surface area contributed by atoms with Crippen molar-refractivity contribution in [1.29, 1.82) is 0 Å². The second-order valence-corrected chi connectivity index (χ2v) is 6.02. The summed E-state index contributed by atoms with van der Waals surface area (Å²) in [7, 11) is 0. The Morgan fingerprint density at radius 1 is 1.50 bits per heavy atom. The van der Waals surface area contributed by atoms with Gasteiger partial charge in [-0.2, -0.15) is 0 Å². The molecule has 0 bridgehead atoms. The highest BCUT2D eigenvalue weighted by molar-refractivity contribution is 9.10. The third kappa shape index (κ3) is 3.95. The van der Waals surface area contributed by atoms with Crippen molar-refractivity contribution in [2.75, 3.05) is 6.61 Å². The van der Waals surface area contributed by atoms with E-state index in [1.807, 2.05) is 18.2 Å². The maximum absolute atomic E-state index is 10.1. The van der Waals surface area contributed by atoms with E-state index in [2.05, 4.69) is 15.9 Å². The van der Waals surface area contributed by atoms with Crippen molar-refractivity contribution >= 4 is 27.5 Å². The highest BCUT2D eigenvalue weighted by atomic mass is 79.9. The first-order chi connectivity index (χ1) is 8.66. The molecule has 2 rings (SSSR count). The van der Waals surface area contributed by atoms with Crippen molar-refractivity contribution in [3.05, 3.63) is 33.3 Å². The zero-order valence-corrected chi connectivity index (χ0v) is 12.6. The number of ether oxygens (including phenoxy) is 1. The second-order valence-electron chi connectivity index (χ2n) is 4.76. The summed E-state index contributed by atoms with van der Waals surface area (Å²) in [5.74, 6) is 0. The van der Waals surface area contributed by atoms with Gasteiger partial charge in [-0.05, 0) is 65.7 Å². The molecular formula is C14H18BrClO2. The highest BCUT2D eigenvalue weighted by Crippen LogP contribution is 2.28. The molecular weight excluding hydrogens is 316 g/mol. The molecule has 18 heavy (non-hydrogen) atoms. The molecule has 1 heterocycles. The molecule has 0 aromatic heterocycles. The molecule has 100 valence electrons. The Kier molecular flexibility index (Phi) is 5.49. The number of benzene rings is 1. The van der Waals surface area contributed by atoms with Crippen LogP contribution in [-0.4, -0.2) is 17.8 Å². The van der Waals surface area contributed by atoms with Gasteiger partial charge in [0.25, 0.3) is 0 Å². The molecule has 0 saturated carbocycles. The fourth-order valence-electron chi connectivity index (χ4n) is 2.30. The molecule has 0 spiro atoms. The van der Waals surface area contributed by atoms with E-state index in [9.17, 15) is 5.11 Å². The van der Waals surface area contributed by atoms with Crippen LogP contribution in [0.15, 0.2) is 22.7 Å². The van der Waals surface area contributed by atoms with Crippen LogP contribution in [0.3, 0.4) is 0 Å². The lowest BCUT2D eigenvalue weighted by Crippen LogP contribution is -2.06. The lowest BCUT2D eigenvalue weighted by molar-refractivity contribution is 0.0945. The van der Waals surface area contributed by atoms with Crippen LogP contribution < -0.4 is 0 Å². The van der Waals surface area contributed by atoms with Crippen molar-refractivity contribution in [3.8, 4) is 0 Å². The van der Waals surface area contributed by atoms with Gasteiger partial charge < -0.3 is 9.84 Å². The minimum atomic E-state index is -0.433. The maximum atomic E-state index is 10.1. The number of hydrogen-bond donors (Lipinski definition) is 1. The molecule has 1 aromatic carbocycles. The van der Waals surface area contributed by atoms with Gasteiger partial charge in [0.15, 0.2) is 0 Å². The van der Waals surface area contributed by atoms with Gasteiger partial charge in [-0.3, -0.25) is 0 Å². The summed E-state index contributed by atoms with van der Waals surface area (Å²) in [5, 5.41) is 10.7. The third-order valence-corrected chi connectivity index (χ3v) is 4.59. The third-order valence-electron chi connectivity index (χ3n) is 3.36. The zero-order chi connectivity index (χ0) is 13.0. The first-order valence-corrected chi connectivity index (χ1v) is 7.58. The zero-order valence-electron chi connectivity index (χ0n) is 10.2. The predicted octanol–water partition coefficient (Wildman–Crippen LogP) is 4.49. The lowest BCUT2D eigenvalue weighted by atomic mass is 10.0. The minimum Gasteiger partial charge on any atom is -0.388 e. The molecule has 2 nitrogen and oxygen atoms in total. The van der Waals surface area contributed by atoms with E-state index >= 15 is 0 Å². The molecule has 0 aliphatic carbocycles. The first kappa shape index (κ1) is 14.3. The number of halogens is 2. The van der Waals surface area contributed by atoms with E-state index in [1.165, 1.54) is 12.8 Å². The quantitative estimate of drug-likeness (QED) is 0.860. The van der Waals surface area contributed by atoms with Crippen LogP contribution in [0.4, 0.5) is 0 Å². The fourth-order valence-corrected chi connectivity index (χ4v) is 2.73. The van der Waals surface area contributed by atoms with Crippen LogP contribution in [-0.2, 0) is 4.74 Å².